The highest BCUT2D eigenvalue weighted by atomic mass is 35.5. The lowest BCUT2D eigenvalue weighted by Gasteiger charge is -2.11. The molecular weight excluding hydrogens is 275 g/mol. The Morgan fingerprint density at radius 3 is 2.16 bits per heavy atom. The van der Waals surface area contributed by atoms with Crippen molar-refractivity contribution in [1.82, 2.24) is 0 Å². The molecule has 0 aliphatic rings. The van der Waals surface area contributed by atoms with Crippen LogP contribution in [-0.4, -0.2) is 0 Å². The molecular formula is C14H11ClF3N. The predicted molar refractivity (Wildman–Crippen MR) is 69.8 cm³/mol. The molecule has 0 spiro atoms. The summed E-state index contributed by atoms with van der Waals surface area (Å²) in [5.74, 6) is 0. The average Bonchev–Trinajstić information content (AvgIpc) is 2.38. The van der Waals surface area contributed by atoms with E-state index in [0.717, 1.165) is 23.3 Å². The van der Waals surface area contributed by atoms with Gasteiger partial charge in [-0.25, -0.2) is 0 Å². The summed E-state index contributed by atoms with van der Waals surface area (Å²) in [4.78, 5) is 0. The lowest BCUT2D eigenvalue weighted by atomic mass is 9.98. The van der Waals surface area contributed by atoms with Gasteiger partial charge in [0.2, 0.25) is 0 Å². The SMILES string of the molecule is NCc1ccc(Cl)cc1-c1ccc(C(F)(F)F)cc1. The van der Waals surface area contributed by atoms with E-state index in [9.17, 15) is 13.2 Å². The molecule has 0 saturated carbocycles. The molecule has 0 bridgehead atoms. The molecule has 100 valence electrons. The third-order valence-corrected chi connectivity index (χ3v) is 3.05. The van der Waals surface area contributed by atoms with E-state index in [1.165, 1.54) is 12.1 Å². The number of alkyl halides is 3. The molecule has 0 unspecified atom stereocenters. The molecule has 2 aromatic rings. The molecule has 2 aromatic carbocycles. The Morgan fingerprint density at radius 2 is 1.63 bits per heavy atom. The quantitative estimate of drug-likeness (QED) is 0.865. The number of nitrogens with two attached hydrogens (primary N) is 1. The van der Waals surface area contributed by atoms with Crippen molar-refractivity contribution < 1.29 is 13.2 Å². The highest BCUT2D eigenvalue weighted by molar-refractivity contribution is 6.30. The van der Waals surface area contributed by atoms with Gasteiger partial charge in [0.05, 0.1) is 5.56 Å². The normalized spacial score (nSPS) is 11.6. The van der Waals surface area contributed by atoms with E-state index in [1.54, 1.807) is 18.2 Å². The summed E-state index contributed by atoms with van der Waals surface area (Å²) < 4.78 is 37.5. The third-order valence-electron chi connectivity index (χ3n) is 2.82. The first-order chi connectivity index (χ1) is 8.91. The molecule has 0 aliphatic heterocycles. The molecule has 2 N–H and O–H groups in total. The molecule has 0 fully saturated rings. The Labute approximate surface area is 113 Å². The van der Waals surface area contributed by atoms with Gasteiger partial charge in [-0.2, -0.15) is 13.2 Å². The van der Waals surface area contributed by atoms with Crippen LogP contribution < -0.4 is 5.73 Å². The number of rotatable bonds is 2. The molecule has 0 amide bonds. The van der Waals surface area contributed by atoms with Gasteiger partial charge in [0.15, 0.2) is 0 Å². The molecule has 0 saturated heterocycles. The van der Waals surface area contributed by atoms with Crippen molar-refractivity contribution in [2.75, 3.05) is 0 Å². The smallest absolute Gasteiger partial charge is 0.326 e. The minimum atomic E-state index is -4.33. The zero-order chi connectivity index (χ0) is 14.0. The van der Waals surface area contributed by atoms with E-state index in [0.29, 0.717) is 17.1 Å². The Bertz CT molecular complexity index is 576. The van der Waals surface area contributed by atoms with Gasteiger partial charge in [-0.1, -0.05) is 29.8 Å². The van der Waals surface area contributed by atoms with Crippen molar-refractivity contribution in [3.8, 4) is 11.1 Å². The van der Waals surface area contributed by atoms with E-state index in [4.69, 9.17) is 17.3 Å². The van der Waals surface area contributed by atoms with Crippen LogP contribution in [0.3, 0.4) is 0 Å². The van der Waals surface area contributed by atoms with Gasteiger partial charge in [0.1, 0.15) is 0 Å². The molecule has 0 aromatic heterocycles. The third kappa shape index (κ3) is 3.08. The summed E-state index contributed by atoms with van der Waals surface area (Å²) in [5, 5.41) is 0.520. The number of hydrogen-bond acceptors (Lipinski definition) is 1. The van der Waals surface area contributed by atoms with Gasteiger partial charge in [-0.3, -0.25) is 0 Å². The van der Waals surface area contributed by atoms with Crippen LogP contribution in [0.2, 0.25) is 5.02 Å². The molecule has 0 atom stereocenters. The molecule has 1 nitrogen and oxygen atoms in total. The van der Waals surface area contributed by atoms with Crippen molar-refractivity contribution in [2.24, 2.45) is 5.73 Å². The second-order valence-corrected chi connectivity index (χ2v) is 4.52. The second-order valence-electron chi connectivity index (χ2n) is 4.08. The van der Waals surface area contributed by atoms with Gasteiger partial charge in [0.25, 0.3) is 0 Å². The molecule has 19 heavy (non-hydrogen) atoms. The Balaban J connectivity index is 2.45. The summed E-state index contributed by atoms with van der Waals surface area (Å²) in [6.45, 7) is 0.299. The largest absolute Gasteiger partial charge is 0.416 e. The van der Waals surface area contributed by atoms with Crippen molar-refractivity contribution in [1.29, 1.82) is 0 Å². The fourth-order valence-corrected chi connectivity index (χ4v) is 2.01. The lowest BCUT2D eigenvalue weighted by Crippen LogP contribution is -2.04. The maximum absolute atomic E-state index is 12.5. The predicted octanol–water partition coefficient (Wildman–Crippen LogP) is 4.48. The van der Waals surface area contributed by atoms with E-state index in [2.05, 4.69) is 0 Å². The first-order valence-corrected chi connectivity index (χ1v) is 5.96. The van der Waals surface area contributed by atoms with Gasteiger partial charge in [-0.15, -0.1) is 0 Å². The zero-order valence-corrected chi connectivity index (χ0v) is 10.6. The Hall–Kier alpha value is -1.52. The highest BCUT2D eigenvalue weighted by Gasteiger charge is 2.30. The van der Waals surface area contributed by atoms with Crippen LogP contribution in [0, 0.1) is 0 Å². The molecule has 0 radical (unpaired) electrons. The zero-order valence-electron chi connectivity index (χ0n) is 9.84. The molecule has 5 heteroatoms. The van der Waals surface area contributed by atoms with Crippen molar-refractivity contribution in [2.45, 2.75) is 12.7 Å². The Morgan fingerprint density at radius 1 is 1.00 bits per heavy atom. The minimum Gasteiger partial charge on any atom is -0.326 e. The van der Waals surface area contributed by atoms with E-state index >= 15 is 0 Å². The van der Waals surface area contributed by atoms with Crippen LogP contribution in [0.1, 0.15) is 11.1 Å². The summed E-state index contributed by atoms with van der Waals surface area (Å²) in [6.07, 6.45) is -4.33. The fourth-order valence-electron chi connectivity index (χ4n) is 1.83. The molecule has 2 rings (SSSR count). The van der Waals surface area contributed by atoms with Gasteiger partial charge < -0.3 is 5.73 Å². The van der Waals surface area contributed by atoms with Gasteiger partial charge in [0, 0.05) is 11.6 Å². The van der Waals surface area contributed by atoms with Gasteiger partial charge >= 0.3 is 6.18 Å². The van der Waals surface area contributed by atoms with E-state index in [1.807, 2.05) is 0 Å². The van der Waals surface area contributed by atoms with Crippen LogP contribution in [0.5, 0.6) is 0 Å². The standard InChI is InChI=1S/C14H11ClF3N/c15-12-6-3-10(8-19)13(7-12)9-1-4-11(5-2-9)14(16,17)18/h1-7H,8,19H2. The van der Waals surface area contributed by atoms with Crippen molar-refractivity contribution in [3.63, 3.8) is 0 Å². The summed E-state index contributed by atoms with van der Waals surface area (Å²) in [7, 11) is 0. The maximum Gasteiger partial charge on any atom is 0.416 e. The minimum absolute atomic E-state index is 0.299. The number of hydrogen-bond donors (Lipinski definition) is 1. The lowest BCUT2D eigenvalue weighted by molar-refractivity contribution is -0.137. The second kappa shape index (κ2) is 5.23. The maximum atomic E-state index is 12.5. The van der Waals surface area contributed by atoms with Crippen LogP contribution in [0.25, 0.3) is 11.1 Å². The van der Waals surface area contributed by atoms with Crippen LogP contribution in [0.4, 0.5) is 13.2 Å². The average molecular weight is 286 g/mol. The first kappa shape index (κ1) is 13.9. The number of benzene rings is 2. The molecule has 0 heterocycles. The van der Waals surface area contributed by atoms with Crippen molar-refractivity contribution >= 4 is 11.6 Å². The van der Waals surface area contributed by atoms with Gasteiger partial charge in [-0.05, 0) is 41.0 Å². The summed E-state index contributed by atoms with van der Waals surface area (Å²) in [6, 6.07) is 10.1. The fraction of sp³-hybridized carbons (Fsp3) is 0.143. The van der Waals surface area contributed by atoms with E-state index < -0.39 is 11.7 Å². The monoisotopic (exact) mass is 285 g/mol. The van der Waals surface area contributed by atoms with Crippen LogP contribution in [-0.2, 0) is 12.7 Å². The summed E-state index contributed by atoms with van der Waals surface area (Å²) >= 11 is 5.91. The van der Waals surface area contributed by atoms with Crippen LogP contribution >= 0.6 is 11.6 Å². The van der Waals surface area contributed by atoms with Crippen molar-refractivity contribution in [3.05, 3.63) is 58.6 Å². The highest BCUT2D eigenvalue weighted by Crippen LogP contribution is 2.32. The Kier molecular flexibility index (Phi) is 3.83. The first-order valence-electron chi connectivity index (χ1n) is 5.58. The number of halogens is 4. The topological polar surface area (TPSA) is 26.0 Å². The van der Waals surface area contributed by atoms with E-state index in [-0.39, 0.29) is 0 Å². The molecule has 0 aliphatic carbocycles. The van der Waals surface area contributed by atoms with Crippen LogP contribution in [0.15, 0.2) is 42.5 Å². The summed E-state index contributed by atoms with van der Waals surface area (Å²) in [5.41, 5.74) is 7.19.